The predicted molar refractivity (Wildman–Crippen MR) is 128 cm³/mol. The van der Waals surface area contributed by atoms with Crippen molar-refractivity contribution in [1.29, 1.82) is 0 Å². The van der Waals surface area contributed by atoms with Crippen molar-refractivity contribution in [2.75, 3.05) is 10.2 Å². The van der Waals surface area contributed by atoms with Gasteiger partial charge in [-0.15, -0.1) is 0 Å². The van der Waals surface area contributed by atoms with Crippen molar-refractivity contribution >= 4 is 28.8 Å². The van der Waals surface area contributed by atoms with Crippen LogP contribution >= 0.6 is 0 Å². The molecule has 1 aliphatic heterocycles. The minimum Gasteiger partial charge on any atom is -0.491 e. The molecular formula is C27H24F2N2O3. The number of anilines is 2. The van der Waals surface area contributed by atoms with E-state index in [0.717, 1.165) is 28.2 Å². The maximum absolute atomic E-state index is 13.8. The number of imide groups is 1. The van der Waals surface area contributed by atoms with Crippen molar-refractivity contribution in [2.45, 2.75) is 33.8 Å². The van der Waals surface area contributed by atoms with Crippen LogP contribution in [-0.4, -0.2) is 17.9 Å². The first-order chi connectivity index (χ1) is 16.1. The summed E-state index contributed by atoms with van der Waals surface area (Å²) in [5.74, 6) is -2.55. The molecule has 0 atom stereocenters. The number of benzene rings is 3. The van der Waals surface area contributed by atoms with Crippen molar-refractivity contribution in [2.24, 2.45) is 0 Å². The number of halogens is 2. The Morgan fingerprint density at radius 1 is 0.824 bits per heavy atom. The SMILES string of the molecule is Cc1cc(C)cc(N2C(=O)C(Nc3ccc(F)c(F)c3)=C(c3ccc(OC(C)C)cc3)C2=O)c1. The second kappa shape index (κ2) is 9.09. The van der Waals surface area contributed by atoms with Gasteiger partial charge in [0.05, 0.1) is 17.4 Å². The number of nitrogens with zero attached hydrogens (tertiary/aromatic N) is 1. The van der Waals surface area contributed by atoms with E-state index in [-0.39, 0.29) is 23.1 Å². The molecule has 2 amide bonds. The van der Waals surface area contributed by atoms with E-state index in [0.29, 0.717) is 17.0 Å². The van der Waals surface area contributed by atoms with Gasteiger partial charge in [-0.25, -0.2) is 13.7 Å². The van der Waals surface area contributed by atoms with Gasteiger partial charge >= 0.3 is 0 Å². The fourth-order valence-electron chi connectivity index (χ4n) is 3.92. The molecule has 0 unspecified atom stereocenters. The lowest BCUT2D eigenvalue weighted by Crippen LogP contribution is -2.32. The van der Waals surface area contributed by atoms with Crippen LogP contribution in [0.25, 0.3) is 5.57 Å². The Balaban J connectivity index is 1.80. The second-order valence-electron chi connectivity index (χ2n) is 8.49. The Bertz CT molecular complexity index is 1290. The molecule has 5 nitrogen and oxygen atoms in total. The van der Waals surface area contributed by atoms with E-state index in [4.69, 9.17) is 4.74 Å². The molecule has 0 spiro atoms. The zero-order chi connectivity index (χ0) is 24.6. The van der Waals surface area contributed by atoms with Gasteiger partial charge in [0.25, 0.3) is 11.8 Å². The summed E-state index contributed by atoms with van der Waals surface area (Å²) in [5.41, 5.74) is 2.98. The smallest absolute Gasteiger partial charge is 0.282 e. The van der Waals surface area contributed by atoms with Gasteiger partial charge < -0.3 is 10.1 Å². The number of hydrogen-bond acceptors (Lipinski definition) is 4. The van der Waals surface area contributed by atoms with Crippen LogP contribution in [0, 0.1) is 25.5 Å². The normalized spacial score (nSPS) is 13.8. The molecule has 4 rings (SSSR count). The Morgan fingerprint density at radius 3 is 2.06 bits per heavy atom. The molecule has 0 fully saturated rings. The molecule has 0 aliphatic carbocycles. The highest BCUT2D eigenvalue weighted by Crippen LogP contribution is 2.35. The Kier molecular flexibility index (Phi) is 6.20. The molecule has 0 radical (unpaired) electrons. The minimum atomic E-state index is -1.06. The molecule has 1 heterocycles. The zero-order valence-electron chi connectivity index (χ0n) is 19.3. The molecule has 1 N–H and O–H groups in total. The van der Waals surface area contributed by atoms with Gasteiger partial charge in [-0.2, -0.15) is 0 Å². The molecule has 0 bridgehead atoms. The second-order valence-corrected chi connectivity index (χ2v) is 8.49. The van der Waals surface area contributed by atoms with Crippen LogP contribution in [0.1, 0.15) is 30.5 Å². The summed E-state index contributed by atoms with van der Waals surface area (Å²) in [6, 6.07) is 15.5. The van der Waals surface area contributed by atoms with Crippen molar-refractivity contribution in [3.63, 3.8) is 0 Å². The number of ether oxygens (including phenoxy) is 1. The zero-order valence-corrected chi connectivity index (χ0v) is 19.3. The van der Waals surface area contributed by atoms with E-state index in [2.05, 4.69) is 5.32 Å². The van der Waals surface area contributed by atoms with Crippen LogP contribution in [0.4, 0.5) is 20.2 Å². The van der Waals surface area contributed by atoms with Crippen LogP contribution in [-0.2, 0) is 9.59 Å². The first-order valence-electron chi connectivity index (χ1n) is 10.8. The van der Waals surface area contributed by atoms with Crippen molar-refractivity contribution in [1.82, 2.24) is 0 Å². The number of carbonyl (C=O) groups is 2. The van der Waals surface area contributed by atoms with Crippen LogP contribution in [0.5, 0.6) is 5.75 Å². The number of aryl methyl sites for hydroxylation is 2. The summed E-state index contributed by atoms with van der Waals surface area (Å²) in [5, 5.41) is 2.84. The molecule has 0 saturated heterocycles. The van der Waals surface area contributed by atoms with Gasteiger partial charge in [-0.3, -0.25) is 9.59 Å². The summed E-state index contributed by atoms with van der Waals surface area (Å²) in [4.78, 5) is 28.1. The lowest BCUT2D eigenvalue weighted by molar-refractivity contribution is -0.120. The van der Waals surface area contributed by atoms with Gasteiger partial charge in [-0.05, 0) is 80.8 Å². The third-order valence-electron chi connectivity index (χ3n) is 5.25. The molecular weight excluding hydrogens is 438 g/mol. The highest BCUT2D eigenvalue weighted by atomic mass is 19.2. The Labute approximate surface area is 196 Å². The van der Waals surface area contributed by atoms with E-state index < -0.39 is 23.4 Å². The van der Waals surface area contributed by atoms with Gasteiger partial charge in [0.15, 0.2) is 11.6 Å². The van der Waals surface area contributed by atoms with Crippen LogP contribution in [0.15, 0.2) is 66.4 Å². The summed E-state index contributed by atoms with van der Waals surface area (Å²) >= 11 is 0. The highest BCUT2D eigenvalue weighted by Gasteiger charge is 2.40. The Hall–Kier alpha value is -4.00. The molecule has 3 aromatic carbocycles. The lowest BCUT2D eigenvalue weighted by Gasteiger charge is -2.17. The van der Waals surface area contributed by atoms with Gasteiger partial charge in [0.1, 0.15) is 11.4 Å². The fourth-order valence-corrected chi connectivity index (χ4v) is 3.92. The Morgan fingerprint density at radius 2 is 1.47 bits per heavy atom. The third-order valence-corrected chi connectivity index (χ3v) is 5.25. The lowest BCUT2D eigenvalue weighted by atomic mass is 10.0. The van der Waals surface area contributed by atoms with Gasteiger partial charge in [0, 0.05) is 11.8 Å². The van der Waals surface area contributed by atoms with E-state index in [1.165, 1.54) is 6.07 Å². The molecule has 34 heavy (non-hydrogen) atoms. The summed E-state index contributed by atoms with van der Waals surface area (Å²) < 4.78 is 32.9. The standard InChI is InChI=1S/C27H24F2N2O3/c1-15(2)34-21-8-5-18(6-9-21)24-25(30-19-7-10-22(28)23(29)14-19)27(33)31(26(24)32)20-12-16(3)11-17(4)13-20/h5-15,30H,1-4H3. The van der Waals surface area contributed by atoms with Gasteiger partial charge in [-0.1, -0.05) is 18.2 Å². The summed E-state index contributed by atoms with van der Waals surface area (Å²) in [6.07, 6.45) is -0.0228. The van der Waals surface area contributed by atoms with Crippen molar-refractivity contribution in [3.05, 3.63) is 94.7 Å². The van der Waals surface area contributed by atoms with Gasteiger partial charge in [0.2, 0.25) is 0 Å². The maximum atomic E-state index is 13.8. The highest BCUT2D eigenvalue weighted by molar-refractivity contribution is 6.46. The van der Waals surface area contributed by atoms with E-state index in [9.17, 15) is 18.4 Å². The molecule has 0 aromatic heterocycles. The predicted octanol–water partition coefficient (Wildman–Crippen LogP) is 5.77. The minimum absolute atomic E-state index is 0.0207. The monoisotopic (exact) mass is 462 g/mol. The third kappa shape index (κ3) is 4.55. The number of rotatable bonds is 6. The number of amides is 2. The van der Waals surface area contributed by atoms with Crippen molar-refractivity contribution in [3.8, 4) is 5.75 Å². The van der Waals surface area contributed by atoms with Crippen LogP contribution < -0.4 is 15.0 Å². The number of carbonyl (C=O) groups excluding carboxylic acids is 2. The van der Waals surface area contributed by atoms with E-state index >= 15 is 0 Å². The molecule has 3 aromatic rings. The molecule has 174 valence electrons. The maximum Gasteiger partial charge on any atom is 0.282 e. The average Bonchev–Trinajstić information content (AvgIpc) is 3.00. The summed E-state index contributed by atoms with van der Waals surface area (Å²) in [7, 11) is 0. The number of nitrogens with one attached hydrogen (secondary N) is 1. The fraction of sp³-hybridized carbons (Fsp3) is 0.185. The molecule has 7 heteroatoms. The van der Waals surface area contributed by atoms with E-state index in [1.807, 2.05) is 33.8 Å². The topological polar surface area (TPSA) is 58.6 Å². The van der Waals surface area contributed by atoms with Crippen LogP contribution in [0.3, 0.4) is 0 Å². The first kappa shape index (κ1) is 23.2. The molecule has 0 saturated carbocycles. The molecule has 1 aliphatic rings. The average molecular weight is 462 g/mol. The van der Waals surface area contributed by atoms with Crippen LogP contribution in [0.2, 0.25) is 0 Å². The first-order valence-corrected chi connectivity index (χ1v) is 10.8. The summed E-state index contributed by atoms with van der Waals surface area (Å²) in [6.45, 7) is 7.57. The number of hydrogen-bond donors (Lipinski definition) is 1. The van der Waals surface area contributed by atoms with E-state index in [1.54, 1.807) is 36.4 Å². The largest absolute Gasteiger partial charge is 0.491 e. The van der Waals surface area contributed by atoms with Crippen molar-refractivity contribution < 1.29 is 23.1 Å². The quantitative estimate of drug-likeness (QED) is 0.473.